The Hall–Kier alpha value is -1.06. The largest absolute Gasteiger partial charge is 0.494 e. The van der Waals surface area contributed by atoms with Crippen LogP contribution >= 0.6 is 0 Å². The fourth-order valence-corrected chi connectivity index (χ4v) is 1.30. The Labute approximate surface area is 97.6 Å². The van der Waals surface area contributed by atoms with Crippen molar-refractivity contribution in [1.82, 2.24) is 0 Å². The van der Waals surface area contributed by atoms with Crippen LogP contribution in [0.15, 0.2) is 30.3 Å². The first-order chi connectivity index (χ1) is 7.93. The summed E-state index contributed by atoms with van der Waals surface area (Å²) in [5.41, 5.74) is 5.36. The second kappa shape index (κ2) is 9.19. The van der Waals surface area contributed by atoms with Crippen molar-refractivity contribution in [2.45, 2.75) is 19.3 Å². The van der Waals surface area contributed by atoms with E-state index in [1.807, 2.05) is 30.3 Å². The predicted octanol–water partition coefficient (Wildman–Crippen LogP) is 2.21. The van der Waals surface area contributed by atoms with E-state index in [0.29, 0.717) is 6.54 Å². The maximum absolute atomic E-state index is 5.56. The summed E-state index contributed by atoms with van der Waals surface area (Å²) >= 11 is 0. The molecule has 3 nitrogen and oxygen atoms in total. The van der Waals surface area contributed by atoms with Crippen molar-refractivity contribution < 1.29 is 9.47 Å². The van der Waals surface area contributed by atoms with Crippen molar-refractivity contribution in [1.29, 1.82) is 0 Å². The summed E-state index contributed by atoms with van der Waals surface area (Å²) in [7, 11) is 0. The molecule has 0 fully saturated rings. The van der Waals surface area contributed by atoms with Gasteiger partial charge in [0.15, 0.2) is 0 Å². The molecule has 0 radical (unpaired) electrons. The zero-order valence-corrected chi connectivity index (χ0v) is 9.73. The Bertz CT molecular complexity index is 251. The topological polar surface area (TPSA) is 44.5 Å². The van der Waals surface area contributed by atoms with Crippen LogP contribution in [0.2, 0.25) is 0 Å². The van der Waals surface area contributed by atoms with Gasteiger partial charge in [-0.25, -0.2) is 0 Å². The quantitative estimate of drug-likeness (QED) is 0.653. The number of unbranched alkanes of at least 4 members (excludes halogenated alkanes) is 1. The van der Waals surface area contributed by atoms with Gasteiger partial charge in [-0.05, 0) is 37.9 Å². The van der Waals surface area contributed by atoms with Crippen LogP contribution in [0.25, 0.3) is 0 Å². The molecule has 1 aromatic carbocycles. The van der Waals surface area contributed by atoms with E-state index in [4.69, 9.17) is 15.2 Å². The molecule has 0 aliphatic rings. The zero-order valence-electron chi connectivity index (χ0n) is 9.73. The van der Waals surface area contributed by atoms with Gasteiger partial charge in [0.1, 0.15) is 5.75 Å². The highest BCUT2D eigenvalue weighted by Gasteiger charge is 1.92. The van der Waals surface area contributed by atoms with E-state index in [1.54, 1.807) is 0 Å². The average molecular weight is 223 g/mol. The van der Waals surface area contributed by atoms with E-state index in [0.717, 1.165) is 44.8 Å². The first-order valence-electron chi connectivity index (χ1n) is 5.89. The van der Waals surface area contributed by atoms with Gasteiger partial charge in [0.2, 0.25) is 0 Å². The normalized spacial score (nSPS) is 10.3. The van der Waals surface area contributed by atoms with Gasteiger partial charge >= 0.3 is 0 Å². The molecule has 3 heteroatoms. The Morgan fingerprint density at radius 2 is 1.56 bits per heavy atom. The first-order valence-corrected chi connectivity index (χ1v) is 5.89. The fraction of sp³-hybridized carbons (Fsp3) is 0.538. The minimum absolute atomic E-state index is 0.705. The molecule has 0 spiro atoms. The van der Waals surface area contributed by atoms with Crippen molar-refractivity contribution in [3.63, 3.8) is 0 Å². The highest BCUT2D eigenvalue weighted by molar-refractivity contribution is 5.20. The second-order valence-corrected chi connectivity index (χ2v) is 3.62. The van der Waals surface area contributed by atoms with Crippen molar-refractivity contribution >= 4 is 0 Å². The Morgan fingerprint density at radius 3 is 2.31 bits per heavy atom. The van der Waals surface area contributed by atoms with Crippen LogP contribution in [0, 0.1) is 0 Å². The number of ether oxygens (including phenoxy) is 2. The zero-order chi connectivity index (χ0) is 11.5. The number of rotatable bonds is 9. The van der Waals surface area contributed by atoms with Crippen LogP contribution in [-0.2, 0) is 4.74 Å². The standard InChI is InChI=1S/C13H21NO2/c14-9-6-11-15-10-4-5-12-16-13-7-2-1-3-8-13/h1-3,7-8H,4-6,9-12,14H2. The molecule has 0 aromatic heterocycles. The van der Waals surface area contributed by atoms with E-state index in [1.165, 1.54) is 0 Å². The predicted molar refractivity (Wildman–Crippen MR) is 65.7 cm³/mol. The number of hydrogen-bond donors (Lipinski definition) is 1. The molecular formula is C13H21NO2. The molecule has 16 heavy (non-hydrogen) atoms. The van der Waals surface area contributed by atoms with Crippen molar-refractivity contribution in [3.8, 4) is 5.75 Å². The van der Waals surface area contributed by atoms with Gasteiger partial charge in [0.25, 0.3) is 0 Å². The Balaban J connectivity index is 1.89. The van der Waals surface area contributed by atoms with Gasteiger partial charge in [-0.15, -0.1) is 0 Å². The van der Waals surface area contributed by atoms with Crippen LogP contribution in [-0.4, -0.2) is 26.4 Å². The number of para-hydroxylation sites is 1. The van der Waals surface area contributed by atoms with Gasteiger partial charge in [-0.2, -0.15) is 0 Å². The van der Waals surface area contributed by atoms with Crippen LogP contribution < -0.4 is 10.5 Å². The molecule has 90 valence electrons. The van der Waals surface area contributed by atoms with Crippen LogP contribution in [0.1, 0.15) is 19.3 Å². The smallest absolute Gasteiger partial charge is 0.119 e. The lowest BCUT2D eigenvalue weighted by atomic mass is 10.3. The van der Waals surface area contributed by atoms with Crippen molar-refractivity contribution in [2.24, 2.45) is 5.73 Å². The molecule has 1 aromatic rings. The highest BCUT2D eigenvalue weighted by atomic mass is 16.5. The van der Waals surface area contributed by atoms with Gasteiger partial charge < -0.3 is 15.2 Å². The van der Waals surface area contributed by atoms with Crippen molar-refractivity contribution in [3.05, 3.63) is 30.3 Å². The second-order valence-electron chi connectivity index (χ2n) is 3.62. The monoisotopic (exact) mass is 223 g/mol. The first kappa shape index (κ1) is 13.0. The molecule has 0 atom stereocenters. The maximum Gasteiger partial charge on any atom is 0.119 e. The molecule has 0 heterocycles. The third-order valence-corrected chi connectivity index (χ3v) is 2.19. The molecule has 0 saturated heterocycles. The van der Waals surface area contributed by atoms with Crippen molar-refractivity contribution in [2.75, 3.05) is 26.4 Å². The molecule has 0 amide bonds. The molecular weight excluding hydrogens is 202 g/mol. The van der Waals surface area contributed by atoms with Crippen LogP contribution in [0.5, 0.6) is 5.75 Å². The third kappa shape index (κ3) is 6.43. The highest BCUT2D eigenvalue weighted by Crippen LogP contribution is 2.08. The molecule has 0 saturated carbocycles. The lowest BCUT2D eigenvalue weighted by molar-refractivity contribution is 0.125. The van der Waals surface area contributed by atoms with E-state index in [-0.39, 0.29) is 0 Å². The lowest BCUT2D eigenvalue weighted by Gasteiger charge is -2.06. The van der Waals surface area contributed by atoms with Gasteiger partial charge in [0, 0.05) is 13.2 Å². The number of nitrogens with two attached hydrogens (primary N) is 1. The third-order valence-electron chi connectivity index (χ3n) is 2.19. The van der Waals surface area contributed by atoms with Crippen LogP contribution in [0.3, 0.4) is 0 Å². The van der Waals surface area contributed by atoms with Gasteiger partial charge in [-0.3, -0.25) is 0 Å². The fourth-order valence-electron chi connectivity index (χ4n) is 1.30. The molecule has 0 unspecified atom stereocenters. The molecule has 0 bridgehead atoms. The lowest BCUT2D eigenvalue weighted by Crippen LogP contribution is -2.06. The summed E-state index contributed by atoms with van der Waals surface area (Å²) in [6.07, 6.45) is 3.01. The number of benzene rings is 1. The Kier molecular flexibility index (Phi) is 7.47. The SMILES string of the molecule is NCCCOCCCCOc1ccccc1. The summed E-state index contributed by atoms with van der Waals surface area (Å²) < 4.78 is 10.9. The summed E-state index contributed by atoms with van der Waals surface area (Å²) in [5.74, 6) is 0.937. The summed E-state index contributed by atoms with van der Waals surface area (Å²) in [6.45, 7) is 3.04. The minimum Gasteiger partial charge on any atom is -0.494 e. The van der Waals surface area contributed by atoms with Crippen LogP contribution in [0.4, 0.5) is 0 Å². The summed E-state index contributed by atoms with van der Waals surface area (Å²) in [6, 6.07) is 9.88. The van der Waals surface area contributed by atoms with E-state index < -0.39 is 0 Å². The molecule has 1 rings (SSSR count). The van der Waals surface area contributed by atoms with E-state index in [2.05, 4.69) is 0 Å². The summed E-state index contributed by atoms with van der Waals surface area (Å²) in [5, 5.41) is 0. The Morgan fingerprint density at radius 1 is 0.875 bits per heavy atom. The summed E-state index contributed by atoms with van der Waals surface area (Å²) in [4.78, 5) is 0. The van der Waals surface area contributed by atoms with E-state index in [9.17, 15) is 0 Å². The van der Waals surface area contributed by atoms with E-state index >= 15 is 0 Å². The molecule has 0 aliphatic heterocycles. The average Bonchev–Trinajstić information content (AvgIpc) is 2.34. The molecule has 0 aliphatic carbocycles. The van der Waals surface area contributed by atoms with Gasteiger partial charge in [-0.1, -0.05) is 18.2 Å². The molecule has 2 N–H and O–H groups in total. The maximum atomic E-state index is 5.56. The number of hydrogen-bond acceptors (Lipinski definition) is 3. The van der Waals surface area contributed by atoms with Gasteiger partial charge in [0.05, 0.1) is 6.61 Å². The minimum atomic E-state index is 0.705.